The van der Waals surface area contributed by atoms with Crippen LogP contribution in [0.1, 0.15) is 24.0 Å². The summed E-state index contributed by atoms with van der Waals surface area (Å²) in [6.45, 7) is 7.03. The van der Waals surface area contributed by atoms with E-state index in [-0.39, 0.29) is 10.1 Å². The van der Waals surface area contributed by atoms with Crippen molar-refractivity contribution in [2.45, 2.75) is 36.9 Å². The molecule has 0 saturated carbocycles. The van der Waals surface area contributed by atoms with Gasteiger partial charge in [-0.25, -0.2) is 13.4 Å². The van der Waals surface area contributed by atoms with Crippen molar-refractivity contribution < 1.29 is 13.2 Å². The fraction of sp³-hybridized carbons (Fsp3) is 0.455. The first kappa shape index (κ1) is 23.0. The Balaban J connectivity index is 1.28. The number of carbonyl (C=O) groups is 1. The van der Waals surface area contributed by atoms with Gasteiger partial charge in [-0.2, -0.15) is 4.31 Å². The summed E-state index contributed by atoms with van der Waals surface area (Å²) in [5.41, 5.74) is 3.46. The highest BCUT2D eigenvalue weighted by Gasteiger charge is 2.42. The van der Waals surface area contributed by atoms with Gasteiger partial charge in [-0.3, -0.25) is 4.79 Å². The van der Waals surface area contributed by atoms with E-state index in [1.165, 1.54) is 26.2 Å². The lowest BCUT2D eigenvalue weighted by molar-refractivity contribution is -0.134. The number of thiophene rings is 1. The Morgan fingerprint density at radius 2 is 1.85 bits per heavy atom. The number of aromatic nitrogens is 1. The third-order valence-electron chi connectivity index (χ3n) is 6.27. The third-order valence-corrected chi connectivity index (χ3v) is 11.1. The number of hydrogen-bond acceptors (Lipinski definition) is 7. The maximum atomic E-state index is 13.3. The lowest BCUT2D eigenvalue weighted by Crippen LogP contribution is -2.54. The van der Waals surface area contributed by atoms with Gasteiger partial charge >= 0.3 is 0 Å². The van der Waals surface area contributed by atoms with Crippen molar-refractivity contribution in [2.24, 2.45) is 0 Å². The molecule has 0 radical (unpaired) electrons. The van der Waals surface area contributed by atoms with Crippen molar-refractivity contribution in [3.05, 3.63) is 39.7 Å². The Bertz CT molecular complexity index is 1310. The van der Waals surface area contributed by atoms with Crippen LogP contribution in [0.15, 0.2) is 28.5 Å². The van der Waals surface area contributed by atoms with Crippen molar-refractivity contribution in [1.29, 1.82) is 0 Å². The van der Waals surface area contributed by atoms with E-state index >= 15 is 0 Å². The van der Waals surface area contributed by atoms with Crippen LogP contribution in [0, 0.1) is 13.8 Å². The molecular weight excluding hydrogens is 500 g/mol. The minimum atomic E-state index is -3.73. The van der Waals surface area contributed by atoms with Crippen LogP contribution in [-0.4, -0.2) is 67.3 Å². The molecular formula is C22H25ClN4O3S3. The fourth-order valence-electron chi connectivity index (χ4n) is 4.66. The first-order chi connectivity index (χ1) is 15.7. The monoisotopic (exact) mass is 524 g/mol. The largest absolute Gasteiger partial charge is 0.345 e. The highest BCUT2D eigenvalue weighted by Crippen LogP contribution is 2.34. The number of anilines is 1. The molecule has 1 amide bonds. The number of sulfonamides is 1. The molecule has 5 rings (SSSR count). The molecule has 0 N–H and O–H groups in total. The van der Waals surface area contributed by atoms with E-state index in [2.05, 4.69) is 30.9 Å². The first-order valence-electron chi connectivity index (χ1n) is 10.9. The zero-order chi connectivity index (χ0) is 23.3. The number of nitrogens with zero attached hydrogens (tertiary/aromatic N) is 4. The standard InChI is InChI=1S/C22H25ClN4O3S3/c1-14-12-15(2)20-16(13-14)24-22(32-20)26-10-8-25(9-11-26)21(28)17-4-3-7-27(17)33(29,30)19-6-5-18(23)31-19/h5-6,12-13,17H,3-4,7-11H2,1-2H3. The Kier molecular flexibility index (Phi) is 6.15. The second-order valence-corrected chi connectivity index (χ2v) is 13.4. The van der Waals surface area contributed by atoms with Gasteiger partial charge in [-0.1, -0.05) is 29.0 Å². The van der Waals surface area contributed by atoms with Crippen molar-refractivity contribution in [3.63, 3.8) is 0 Å². The minimum Gasteiger partial charge on any atom is -0.345 e. The van der Waals surface area contributed by atoms with E-state index in [1.54, 1.807) is 22.3 Å². The van der Waals surface area contributed by atoms with E-state index in [1.807, 2.05) is 0 Å². The summed E-state index contributed by atoms with van der Waals surface area (Å²) in [6, 6.07) is 6.73. The Labute approximate surface area is 206 Å². The summed E-state index contributed by atoms with van der Waals surface area (Å²) < 4.78 is 29.4. The van der Waals surface area contributed by atoms with E-state index < -0.39 is 16.1 Å². The summed E-state index contributed by atoms with van der Waals surface area (Å²) >= 11 is 8.67. The molecule has 0 aliphatic carbocycles. The molecule has 3 aromatic rings. The topological polar surface area (TPSA) is 73.8 Å². The van der Waals surface area contributed by atoms with Crippen LogP contribution in [0.2, 0.25) is 4.34 Å². The molecule has 2 fully saturated rings. The molecule has 2 aliphatic heterocycles. The normalized spacial score (nSPS) is 20.2. The van der Waals surface area contributed by atoms with E-state index in [0.717, 1.165) is 22.0 Å². The van der Waals surface area contributed by atoms with Crippen LogP contribution < -0.4 is 4.90 Å². The smallest absolute Gasteiger partial charge is 0.253 e. The first-order valence-corrected chi connectivity index (χ1v) is 14.4. The highest BCUT2D eigenvalue weighted by molar-refractivity contribution is 7.91. The molecule has 11 heteroatoms. The van der Waals surface area contributed by atoms with Crippen LogP contribution in [0.4, 0.5) is 5.13 Å². The van der Waals surface area contributed by atoms with Gasteiger partial charge in [0.1, 0.15) is 10.3 Å². The maximum Gasteiger partial charge on any atom is 0.253 e. The number of hydrogen-bond donors (Lipinski definition) is 0. The summed E-state index contributed by atoms with van der Waals surface area (Å²) in [6.07, 6.45) is 1.23. The van der Waals surface area contributed by atoms with E-state index in [4.69, 9.17) is 16.6 Å². The molecule has 1 unspecified atom stereocenters. The molecule has 176 valence electrons. The second-order valence-electron chi connectivity index (χ2n) is 8.57. The predicted octanol–water partition coefficient (Wildman–Crippen LogP) is 4.13. The Morgan fingerprint density at radius 1 is 1.09 bits per heavy atom. The molecule has 4 heterocycles. The number of halogens is 1. The van der Waals surface area contributed by atoms with Crippen LogP contribution >= 0.6 is 34.3 Å². The third kappa shape index (κ3) is 4.27. The van der Waals surface area contributed by atoms with Crippen LogP contribution in [0.25, 0.3) is 10.2 Å². The second kappa shape index (κ2) is 8.81. The number of aryl methyl sites for hydroxylation is 2. The average molecular weight is 525 g/mol. The molecule has 1 aromatic carbocycles. The highest BCUT2D eigenvalue weighted by atomic mass is 35.5. The van der Waals surface area contributed by atoms with Gasteiger partial charge in [-0.05, 0) is 56.0 Å². The number of piperazine rings is 1. The number of fused-ring (bicyclic) bond motifs is 1. The Hall–Kier alpha value is -1.72. The lowest BCUT2D eigenvalue weighted by Gasteiger charge is -2.37. The van der Waals surface area contributed by atoms with Crippen molar-refractivity contribution in [3.8, 4) is 0 Å². The molecule has 7 nitrogen and oxygen atoms in total. The lowest BCUT2D eigenvalue weighted by atomic mass is 10.1. The number of rotatable bonds is 4. The van der Waals surface area contributed by atoms with Gasteiger partial charge in [0.05, 0.1) is 14.6 Å². The molecule has 2 aromatic heterocycles. The molecule has 33 heavy (non-hydrogen) atoms. The maximum absolute atomic E-state index is 13.3. The predicted molar refractivity (Wildman–Crippen MR) is 134 cm³/mol. The number of amides is 1. The summed E-state index contributed by atoms with van der Waals surface area (Å²) in [4.78, 5) is 22.2. The van der Waals surface area contributed by atoms with Gasteiger partial charge in [0, 0.05) is 32.7 Å². The van der Waals surface area contributed by atoms with Gasteiger partial charge in [0.25, 0.3) is 10.0 Å². The summed E-state index contributed by atoms with van der Waals surface area (Å²) in [5.74, 6) is -0.103. The SMILES string of the molecule is Cc1cc(C)c2sc(N3CCN(C(=O)C4CCCN4S(=O)(=O)c4ccc(Cl)s4)CC3)nc2c1. The van der Waals surface area contributed by atoms with Gasteiger partial charge in [0.15, 0.2) is 5.13 Å². The van der Waals surface area contributed by atoms with Crippen LogP contribution in [0.5, 0.6) is 0 Å². The molecule has 2 saturated heterocycles. The van der Waals surface area contributed by atoms with Crippen molar-refractivity contribution >= 4 is 65.6 Å². The van der Waals surface area contributed by atoms with E-state index in [0.29, 0.717) is 49.9 Å². The van der Waals surface area contributed by atoms with Gasteiger partial charge < -0.3 is 9.80 Å². The minimum absolute atomic E-state index is 0.103. The molecule has 0 bridgehead atoms. The number of carbonyl (C=O) groups excluding carboxylic acids is 1. The fourth-order valence-corrected chi connectivity index (χ4v) is 8.99. The molecule has 1 atom stereocenters. The molecule has 2 aliphatic rings. The molecule has 0 spiro atoms. The summed E-state index contributed by atoms with van der Waals surface area (Å²) in [5, 5.41) is 0.977. The van der Waals surface area contributed by atoms with Crippen molar-refractivity contribution in [2.75, 3.05) is 37.6 Å². The van der Waals surface area contributed by atoms with Crippen molar-refractivity contribution in [1.82, 2.24) is 14.2 Å². The van der Waals surface area contributed by atoms with Gasteiger partial charge in [-0.15, -0.1) is 11.3 Å². The van der Waals surface area contributed by atoms with Gasteiger partial charge in [0.2, 0.25) is 5.91 Å². The quantitative estimate of drug-likeness (QED) is 0.513. The number of benzene rings is 1. The Morgan fingerprint density at radius 3 is 2.55 bits per heavy atom. The number of thiazole rings is 1. The zero-order valence-corrected chi connectivity index (χ0v) is 21.7. The average Bonchev–Trinajstić information content (AvgIpc) is 3.52. The zero-order valence-electron chi connectivity index (χ0n) is 18.5. The van der Waals surface area contributed by atoms with Crippen LogP contribution in [-0.2, 0) is 14.8 Å². The van der Waals surface area contributed by atoms with E-state index in [9.17, 15) is 13.2 Å². The summed E-state index contributed by atoms with van der Waals surface area (Å²) in [7, 11) is -3.73. The van der Waals surface area contributed by atoms with Crippen LogP contribution in [0.3, 0.4) is 0 Å².